The highest BCUT2D eigenvalue weighted by atomic mass is 16.5. The van der Waals surface area contributed by atoms with Crippen LogP contribution in [-0.4, -0.2) is 19.7 Å². The lowest BCUT2D eigenvalue weighted by Gasteiger charge is -2.09. The topological polar surface area (TPSA) is 25.8 Å². The van der Waals surface area contributed by atoms with E-state index < -0.39 is 0 Å². The third-order valence-corrected chi connectivity index (χ3v) is 3.57. The second kappa shape index (κ2) is 8.60. The predicted molar refractivity (Wildman–Crippen MR) is 85.2 cm³/mol. The van der Waals surface area contributed by atoms with Crippen molar-refractivity contribution in [3.8, 4) is 5.75 Å². The van der Waals surface area contributed by atoms with Gasteiger partial charge in [0, 0.05) is 5.39 Å². The van der Waals surface area contributed by atoms with E-state index in [9.17, 15) is 0 Å². The summed E-state index contributed by atoms with van der Waals surface area (Å²) in [7, 11) is 0. The molecule has 2 nitrogen and oxygen atoms in total. The molecule has 2 aromatic carbocycles. The maximum atomic E-state index is 5.93. The Hall–Kier alpha value is -1.54. The van der Waals surface area contributed by atoms with Gasteiger partial charge in [-0.1, -0.05) is 49.7 Å². The van der Waals surface area contributed by atoms with E-state index in [-0.39, 0.29) is 0 Å². The van der Waals surface area contributed by atoms with Gasteiger partial charge in [0.15, 0.2) is 0 Å². The Kier molecular flexibility index (Phi) is 6.39. The number of quaternary nitrogens is 1. The maximum absolute atomic E-state index is 5.93. The zero-order valence-electron chi connectivity index (χ0n) is 12.5. The van der Waals surface area contributed by atoms with E-state index >= 15 is 0 Å². The highest BCUT2D eigenvalue weighted by molar-refractivity contribution is 5.88. The van der Waals surface area contributed by atoms with Crippen molar-refractivity contribution < 1.29 is 10.1 Å². The number of hydrogen-bond acceptors (Lipinski definition) is 1. The molecule has 0 aliphatic heterocycles. The van der Waals surface area contributed by atoms with Crippen LogP contribution in [-0.2, 0) is 0 Å². The maximum Gasteiger partial charge on any atom is 0.127 e. The highest BCUT2D eigenvalue weighted by Gasteiger charge is 2.00. The lowest BCUT2D eigenvalue weighted by atomic mass is 10.1. The van der Waals surface area contributed by atoms with Crippen LogP contribution in [0.1, 0.15) is 32.6 Å². The standard InChI is InChI=1S/C18H25NO/c1-2-3-13-19-14-6-7-15-20-18-12-8-10-16-9-4-5-11-17(16)18/h4-5,8-12,19H,2-3,6-7,13-15H2,1H3/p+1. The van der Waals surface area contributed by atoms with Crippen LogP contribution < -0.4 is 10.1 Å². The molecule has 2 N–H and O–H groups in total. The fourth-order valence-corrected chi connectivity index (χ4v) is 2.39. The molecule has 0 unspecified atom stereocenters. The average Bonchev–Trinajstić information content (AvgIpc) is 2.50. The van der Waals surface area contributed by atoms with Crippen LogP contribution in [0.25, 0.3) is 10.8 Å². The Balaban J connectivity index is 1.71. The van der Waals surface area contributed by atoms with Gasteiger partial charge in [-0.25, -0.2) is 0 Å². The van der Waals surface area contributed by atoms with E-state index in [0.717, 1.165) is 18.8 Å². The molecule has 0 radical (unpaired) electrons. The van der Waals surface area contributed by atoms with Crippen molar-refractivity contribution in [2.45, 2.75) is 32.6 Å². The Labute approximate surface area is 122 Å². The smallest absolute Gasteiger partial charge is 0.127 e. The van der Waals surface area contributed by atoms with Crippen LogP contribution in [0.15, 0.2) is 42.5 Å². The fraction of sp³-hybridized carbons (Fsp3) is 0.444. The fourth-order valence-electron chi connectivity index (χ4n) is 2.39. The first-order valence-electron chi connectivity index (χ1n) is 7.84. The van der Waals surface area contributed by atoms with Crippen molar-refractivity contribution in [3.63, 3.8) is 0 Å². The van der Waals surface area contributed by atoms with Gasteiger partial charge in [0.1, 0.15) is 5.75 Å². The Bertz CT molecular complexity index is 504. The van der Waals surface area contributed by atoms with Gasteiger partial charge < -0.3 is 10.1 Å². The molecule has 0 bridgehead atoms. The van der Waals surface area contributed by atoms with E-state index in [0.29, 0.717) is 0 Å². The van der Waals surface area contributed by atoms with Gasteiger partial charge in [0.25, 0.3) is 0 Å². The average molecular weight is 272 g/mol. The molecule has 0 spiro atoms. The van der Waals surface area contributed by atoms with Crippen LogP contribution in [0.4, 0.5) is 0 Å². The van der Waals surface area contributed by atoms with E-state index in [1.165, 1.54) is 43.1 Å². The summed E-state index contributed by atoms with van der Waals surface area (Å²) in [5, 5.41) is 4.88. The molecule has 0 fully saturated rings. The first kappa shape index (κ1) is 14.9. The molecule has 0 aromatic heterocycles. The van der Waals surface area contributed by atoms with Crippen molar-refractivity contribution in [2.24, 2.45) is 0 Å². The molecular formula is C18H26NO+. The number of unbranched alkanes of at least 4 members (excludes halogenated alkanes) is 2. The minimum atomic E-state index is 0.815. The summed E-state index contributed by atoms with van der Waals surface area (Å²) in [5.41, 5.74) is 0. The van der Waals surface area contributed by atoms with Crippen LogP contribution in [0.2, 0.25) is 0 Å². The summed E-state index contributed by atoms with van der Waals surface area (Å²) in [6, 6.07) is 14.7. The van der Waals surface area contributed by atoms with Gasteiger partial charge in [-0.3, -0.25) is 0 Å². The van der Waals surface area contributed by atoms with Crippen molar-refractivity contribution in [3.05, 3.63) is 42.5 Å². The summed E-state index contributed by atoms with van der Waals surface area (Å²) in [5.74, 6) is 1.01. The third kappa shape index (κ3) is 4.53. The number of hydrogen-bond donors (Lipinski definition) is 1. The lowest BCUT2D eigenvalue weighted by molar-refractivity contribution is -0.655. The largest absolute Gasteiger partial charge is 0.493 e. The van der Waals surface area contributed by atoms with Crippen LogP contribution in [0, 0.1) is 0 Å². The van der Waals surface area contributed by atoms with E-state index in [1.54, 1.807) is 0 Å². The van der Waals surface area contributed by atoms with Gasteiger partial charge in [-0.2, -0.15) is 0 Å². The molecule has 0 heterocycles. The first-order valence-corrected chi connectivity index (χ1v) is 7.84. The van der Waals surface area contributed by atoms with Crippen LogP contribution in [0.3, 0.4) is 0 Å². The molecule has 2 heteroatoms. The molecule has 0 amide bonds. The quantitative estimate of drug-likeness (QED) is 0.696. The van der Waals surface area contributed by atoms with E-state index in [1.807, 2.05) is 0 Å². The van der Waals surface area contributed by atoms with Gasteiger partial charge in [-0.15, -0.1) is 0 Å². The minimum absolute atomic E-state index is 0.815. The van der Waals surface area contributed by atoms with Gasteiger partial charge in [-0.05, 0) is 30.7 Å². The molecule has 2 aromatic rings. The summed E-state index contributed by atoms with van der Waals surface area (Å²) in [6.07, 6.45) is 4.98. The van der Waals surface area contributed by atoms with E-state index in [2.05, 4.69) is 54.7 Å². The normalized spacial score (nSPS) is 10.8. The number of benzene rings is 2. The van der Waals surface area contributed by atoms with Gasteiger partial charge in [0.05, 0.1) is 19.7 Å². The Morgan fingerprint density at radius 1 is 0.900 bits per heavy atom. The molecule has 0 aliphatic rings. The second-order valence-corrected chi connectivity index (χ2v) is 5.25. The van der Waals surface area contributed by atoms with E-state index in [4.69, 9.17) is 4.74 Å². The molecule has 0 saturated heterocycles. The van der Waals surface area contributed by atoms with Crippen LogP contribution >= 0.6 is 0 Å². The first-order chi connectivity index (χ1) is 9.92. The SMILES string of the molecule is CCCC[NH2+]CCCCOc1cccc2ccccc12. The van der Waals surface area contributed by atoms with Crippen molar-refractivity contribution >= 4 is 10.8 Å². The monoisotopic (exact) mass is 272 g/mol. The summed E-state index contributed by atoms with van der Waals surface area (Å²) < 4.78 is 5.93. The predicted octanol–water partition coefficient (Wildman–Crippen LogP) is 3.36. The molecule has 0 saturated carbocycles. The molecule has 2 rings (SSSR count). The molecular weight excluding hydrogens is 246 g/mol. The zero-order chi connectivity index (χ0) is 14.0. The number of nitrogens with two attached hydrogens (primary N) is 1. The zero-order valence-corrected chi connectivity index (χ0v) is 12.5. The number of ether oxygens (including phenoxy) is 1. The second-order valence-electron chi connectivity index (χ2n) is 5.25. The number of fused-ring (bicyclic) bond motifs is 1. The summed E-state index contributed by atoms with van der Waals surface area (Å²) >= 11 is 0. The highest BCUT2D eigenvalue weighted by Crippen LogP contribution is 2.25. The Morgan fingerprint density at radius 2 is 1.70 bits per heavy atom. The minimum Gasteiger partial charge on any atom is -0.493 e. The molecule has 0 aliphatic carbocycles. The lowest BCUT2D eigenvalue weighted by Crippen LogP contribution is -2.84. The Morgan fingerprint density at radius 3 is 2.60 bits per heavy atom. The van der Waals surface area contributed by atoms with Gasteiger partial charge in [0.2, 0.25) is 0 Å². The molecule has 0 atom stereocenters. The van der Waals surface area contributed by atoms with Crippen LogP contribution in [0.5, 0.6) is 5.75 Å². The van der Waals surface area contributed by atoms with Crippen molar-refractivity contribution in [1.29, 1.82) is 0 Å². The van der Waals surface area contributed by atoms with Crippen molar-refractivity contribution in [1.82, 2.24) is 0 Å². The third-order valence-electron chi connectivity index (χ3n) is 3.57. The summed E-state index contributed by atoms with van der Waals surface area (Å²) in [4.78, 5) is 0. The molecule has 20 heavy (non-hydrogen) atoms. The number of rotatable bonds is 9. The van der Waals surface area contributed by atoms with Gasteiger partial charge >= 0.3 is 0 Å². The van der Waals surface area contributed by atoms with Crippen molar-refractivity contribution in [2.75, 3.05) is 19.7 Å². The molecule has 108 valence electrons. The summed E-state index contributed by atoms with van der Waals surface area (Å²) in [6.45, 7) is 5.54.